The lowest BCUT2D eigenvalue weighted by atomic mass is 10.0. The maximum Gasteiger partial charge on any atom is 0.196 e. The largest absolute Gasteiger partial charge is 0.379 e. The first-order chi connectivity index (χ1) is 8.21. The number of thiophene rings is 1. The maximum absolute atomic E-state index is 5.51. The molecule has 1 saturated heterocycles. The number of hydrogen-bond acceptors (Lipinski definition) is 4. The molecule has 0 amide bonds. The van der Waals surface area contributed by atoms with Crippen LogP contribution in [0.15, 0.2) is 17.5 Å². The van der Waals surface area contributed by atoms with Crippen molar-refractivity contribution >= 4 is 23.6 Å². The molecule has 2 aromatic heterocycles. The number of H-pyrrole nitrogens is 1. The first kappa shape index (κ1) is 11.1. The van der Waals surface area contributed by atoms with Crippen molar-refractivity contribution in [1.82, 2.24) is 14.8 Å². The minimum atomic E-state index is -0.0800. The lowest BCUT2D eigenvalue weighted by molar-refractivity contribution is 0.161. The fraction of sp³-hybridized carbons (Fsp3) is 0.455. The Balaban J connectivity index is 2.16. The van der Waals surface area contributed by atoms with Crippen molar-refractivity contribution in [2.24, 2.45) is 0 Å². The number of ether oxygens (including phenoxy) is 1. The molecule has 1 fully saturated rings. The summed E-state index contributed by atoms with van der Waals surface area (Å²) in [6.07, 6.45) is 0.971. The molecule has 0 aromatic carbocycles. The number of aromatic nitrogens is 3. The van der Waals surface area contributed by atoms with E-state index >= 15 is 0 Å². The van der Waals surface area contributed by atoms with Gasteiger partial charge < -0.3 is 4.74 Å². The van der Waals surface area contributed by atoms with E-state index < -0.39 is 0 Å². The van der Waals surface area contributed by atoms with Gasteiger partial charge in [0.2, 0.25) is 0 Å². The molecule has 3 heterocycles. The van der Waals surface area contributed by atoms with Crippen molar-refractivity contribution < 1.29 is 4.74 Å². The fourth-order valence-corrected chi connectivity index (χ4v) is 3.26. The molecule has 0 aliphatic carbocycles. The topological polar surface area (TPSA) is 42.8 Å². The van der Waals surface area contributed by atoms with Crippen LogP contribution < -0.4 is 0 Å². The van der Waals surface area contributed by atoms with Crippen LogP contribution in [0.1, 0.15) is 13.3 Å². The molecule has 3 rings (SSSR count). The molecule has 0 saturated carbocycles. The number of aromatic amines is 1. The van der Waals surface area contributed by atoms with Gasteiger partial charge in [-0.3, -0.25) is 9.67 Å². The van der Waals surface area contributed by atoms with Crippen molar-refractivity contribution in [3.8, 4) is 10.7 Å². The number of nitrogens with one attached hydrogen (secondary N) is 1. The van der Waals surface area contributed by atoms with E-state index in [0.29, 0.717) is 11.4 Å². The Morgan fingerprint density at radius 3 is 3.18 bits per heavy atom. The smallest absolute Gasteiger partial charge is 0.196 e. The average molecular weight is 267 g/mol. The monoisotopic (exact) mass is 267 g/mol. The van der Waals surface area contributed by atoms with Crippen LogP contribution in [0.2, 0.25) is 0 Å². The highest BCUT2D eigenvalue weighted by atomic mass is 32.1. The first-order valence-electron chi connectivity index (χ1n) is 5.50. The zero-order valence-electron chi connectivity index (χ0n) is 9.47. The molecule has 1 N–H and O–H groups in total. The Morgan fingerprint density at radius 2 is 2.53 bits per heavy atom. The van der Waals surface area contributed by atoms with E-state index in [9.17, 15) is 0 Å². The molecule has 1 aliphatic heterocycles. The predicted molar refractivity (Wildman–Crippen MR) is 69.8 cm³/mol. The minimum Gasteiger partial charge on any atom is -0.379 e. The second-order valence-electron chi connectivity index (χ2n) is 4.46. The summed E-state index contributed by atoms with van der Waals surface area (Å²) in [6, 6.07) is 4.08. The van der Waals surface area contributed by atoms with Crippen LogP contribution >= 0.6 is 23.6 Å². The van der Waals surface area contributed by atoms with Gasteiger partial charge >= 0.3 is 0 Å². The highest BCUT2D eigenvalue weighted by molar-refractivity contribution is 7.71. The Hall–Kier alpha value is -0.980. The number of hydrogen-bond donors (Lipinski definition) is 1. The van der Waals surface area contributed by atoms with Crippen molar-refractivity contribution in [1.29, 1.82) is 0 Å². The summed E-state index contributed by atoms with van der Waals surface area (Å²) < 4.78 is 8.27. The van der Waals surface area contributed by atoms with Gasteiger partial charge in [0.15, 0.2) is 10.6 Å². The molecular weight excluding hydrogens is 254 g/mol. The van der Waals surface area contributed by atoms with Crippen LogP contribution in [0.5, 0.6) is 0 Å². The van der Waals surface area contributed by atoms with E-state index in [1.165, 1.54) is 0 Å². The minimum absolute atomic E-state index is 0.0800. The number of rotatable bonds is 2. The van der Waals surface area contributed by atoms with E-state index in [1.54, 1.807) is 11.3 Å². The van der Waals surface area contributed by atoms with Gasteiger partial charge in [0.25, 0.3) is 0 Å². The number of nitrogens with zero attached hydrogens (tertiary/aromatic N) is 2. The third-order valence-corrected chi connectivity index (χ3v) is 4.29. The van der Waals surface area contributed by atoms with E-state index in [2.05, 4.69) is 27.8 Å². The normalized spacial score (nSPS) is 24.3. The van der Waals surface area contributed by atoms with Gasteiger partial charge in [-0.2, -0.15) is 5.10 Å². The summed E-state index contributed by atoms with van der Waals surface area (Å²) in [5.41, 5.74) is -0.0800. The van der Waals surface area contributed by atoms with Crippen molar-refractivity contribution in [3.05, 3.63) is 22.3 Å². The molecule has 0 bridgehead atoms. The SMILES string of the molecule is CC1(n2c(-c3cccs3)n[nH]c2=S)CCOC1. The molecule has 1 unspecified atom stereocenters. The van der Waals surface area contributed by atoms with Crippen molar-refractivity contribution in [2.45, 2.75) is 18.9 Å². The average Bonchev–Trinajstić information content (AvgIpc) is 2.97. The summed E-state index contributed by atoms with van der Waals surface area (Å²) >= 11 is 7.02. The van der Waals surface area contributed by atoms with Crippen LogP contribution in [0.25, 0.3) is 10.7 Å². The van der Waals surface area contributed by atoms with E-state index in [-0.39, 0.29) is 5.54 Å². The van der Waals surface area contributed by atoms with Gasteiger partial charge in [-0.1, -0.05) is 6.07 Å². The summed E-state index contributed by atoms with van der Waals surface area (Å²) in [6.45, 7) is 3.65. The second kappa shape index (κ2) is 4.04. The van der Waals surface area contributed by atoms with Gasteiger partial charge in [-0.25, -0.2) is 0 Å². The van der Waals surface area contributed by atoms with E-state index in [1.807, 2.05) is 11.4 Å². The molecule has 1 atom stereocenters. The first-order valence-corrected chi connectivity index (χ1v) is 6.79. The van der Waals surface area contributed by atoms with Gasteiger partial charge in [-0.05, 0) is 37.0 Å². The molecule has 6 heteroatoms. The quantitative estimate of drug-likeness (QED) is 0.851. The van der Waals surface area contributed by atoms with E-state index in [0.717, 1.165) is 23.7 Å². The van der Waals surface area contributed by atoms with Crippen LogP contribution in [-0.2, 0) is 10.3 Å². The third kappa shape index (κ3) is 1.76. The molecule has 0 spiro atoms. The molecular formula is C11H13N3OS2. The van der Waals surface area contributed by atoms with Crippen LogP contribution in [0, 0.1) is 4.77 Å². The predicted octanol–water partition coefficient (Wildman–Crippen LogP) is 2.80. The lowest BCUT2D eigenvalue weighted by Crippen LogP contribution is -2.31. The van der Waals surface area contributed by atoms with Gasteiger partial charge in [-0.15, -0.1) is 11.3 Å². The third-order valence-electron chi connectivity index (χ3n) is 3.15. The van der Waals surface area contributed by atoms with Gasteiger partial charge in [0, 0.05) is 6.61 Å². The maximum atomic E-state index is 5.51. The fourth-order valence-electron chi connectivity index (χ4n) is 2.20. The summed E-state index contributed by atoms with van der Waals surface area (Å²) in [5.74, 6) is 0.915. The highest BCUT2D eigenvalue weighted by Crippen LogP contribution is 2.33. The zero-order chi connectivity index (χ0) is 11.9. The van der Waals surface area contributed by atoms with Crippen LogP contribution in [0.4, 0.5) is 0 Å². The van der Waals surface area contributed by atoms with E-state index in [4.69, 9.17) is 17.0 Å². The van der Waals surface area contributed by atoms with Crippen molar-refractivity contribution in [3.63, 3.8) is 0 Å². The Kier molecular flexibility index (Phi) is 2.65. The Morgan fingerprint density at radius 1 is 1.65 bits per heavy atom. The second-order valence-corrected chi connectivity index (χ2v) is 5.80. The lowest BCUT2D eigenvalue weighted by Gasteiger charge is -2.24. The molecule has 0 radical (unpaired) electrons. The molecule has 17 heavy (non-hydrogen) atoms. The Bertz CT molecular complexity index is 564. The van der Waals surface area contributed by atoms with Crippen molar-refractivity contribution in [2.75, 3.05) is 13.2 Å². The van der Waals surface area contributed by atoms with Gasteiger partial charge in [0.1, 0.15) is 0 Å². The molecule has 1 aliphatic rings. The van der Waals surface area contributed by atoms with Crippen LogP contribution in [0.3, 0.4) is 0 Å². The summed E-state index contributed by atoms with van der Waals surface area (Å²) in [7, 11) is 0. The standard InChI is InChI=1S/C11H13N3OS2/c1-11(4-5-15-7-11)14-9(12-13-10(14)16)8-3-2-6-17-8/h2-3,6H,4-5,7H2,1H3,(H,13,16). The molecule has 90 valence electrons. The zero-order valence-corrected chi connectivity index (χ0v) is 11.1. The summed E-state index contributed by atoms with van der Waals surface area (Å²) in [5, 5.41) is 9.29. The van der Waals surface area contributed by atoms with Crippen LogP contribution in [-0.4, -0.2) is 28.0 Å². The Labute approximate surface area is 108 Å². The molecule has 4 nitrogen and oxygen atoms in total. The summed E-state index contributed by atoms with van der Waals surface area (Å²) in [4.78, 5) is 1.13. The molecule has 2 aromatic rings. The highest BCUT2D eigenvalue weighted by Gasteiger charge is 2.34. The van der Waals surface area contributed by atoms with Gasteiger partial charge in [0.05, 0.1) is 17.0 Å².